The molecule has 1 heterocycles. The summed E-state index contributed by atoms with van der Waals surface area (Å²) < 4.78 is 10.7. The lowest BCUT2D eigenvalue weighted by molar-refractivity contribution is 0.0996. The van der Waals surface area contributed by atoms with Crippen LogP contribution in [-0.4, -0.2) is 29.0 Å². The number of carbonyl (C=O) groups excluding carboxylic acids is 2. The molecule has 3 rings (SSSR count). The molecule has 0 unspecified atom stereocenters. The Kier molecular flexibility index (Phi) is 5.23. The molecule has 4 N–H and O–H groups in total. The van der Waals surface area contributed by atoms with Crippen molar-refractivity contribution >= 4 is 28.2 Å². The Morgan fingerprint density at radius 2 is 1.70 bits per heavy atom. The molecule has 0 aliphatic heterocycles. The van der Waals surface area contributed by atoms with Crippen LogP contribution in [0.3, 0.4) is 0 Å². The van der Waals surface area contributed by atoms with Gasteiger partial charge in [0, 0.05) is 5.56 Å². The molecule has 0 fully saturated rings. The number of primary amides is 1. The van der Waals surface area contributed by atoms with E-state index in [1.54, 1.807) is 31.4 Å². The smallest absolute Gasteiger partial charge is 0.281 e. The van der Waals surface area contributed by atoms with Gasteiger partial charge in [-0.3, -0.25) is 9.59 Å². The number of carbonyl (C=O) groups is 2. The molecule has 2 aromatic carbocycles. The summed E-state index contributed by atoms with van der Waals surface area (Å²) in [7, 11) is 1.55. The third-order valence-electron chi connectivity index (χ3n) is 3.46. The maximum atomic E-state index is 12.3. The summed E-state index contributed by atoms with van der Waals surface area (Å²) in [5.74, 6) is -0.0792. The first-order valence-corrected chi connectivity index (χ1v) is 8.51. The van der Waals surface area contributed by atoms with Gasteiger partial charge in [-0.1, -0.05) is 11.3 Å². The van der Waals surface area contributed by atoms with Crippen molar-refractivity contribution in [2.24, 2.45) is 5.73 Å². The van der Waals surface area contributed by atoms with Crippen LogP contribution in [0.5, 0.6) is 22.4 Å². The highest BCUT2D eigenvalue weighted by Crippen LogP contribution is 2.34. The van der Waals surface area contributed by atoms with Gasteiger partial charge in [-0.05, 0) is 48.5 Å². The summed E-state index contributed by atoms with van der Waals surface area (Å²) in [6, 6.07) is 12.5. The number of benzene rings is 2. The van der Waals surface area contributed by atoms with E-state index in [4.69, 9.17) is 15.2 Å². The number of aromatic nitrogens is 1. The molecule has 138 valence electrons. The standard InChI is InChI=1S/C18H15N3O5S/c1-25-12-6-8-13(9-7-12)26-18-20-14(15(19)23)17(27-18)21-16(24)10-2-4-11(22)5-3-10/h2-9,22H,1H3,(H2,19,23)(H,21,24). The summed E-state index contributed by atoms with van der Waals surface area (Å²) in [4.78, 5) is 28.0. The number of phenols is 1. The van der Waals surface area contributed by atoms with Gasteiger partial charge in [-0.15, -0.1) is 0 Å². The van der Waals surface area contributed by atoms with Crippen LogP contribution in [-0.2, 0) is 0 Å². The predicted molar refractivity (Wildman–Crippen MR) is 99.8 cm³/mol. The fourth-order valence-electron chi connectivity index (χ4n) is 2.13. The van der Waals surface area contributed by atoms with Crippen LogP contribution >= 0.6 is 11.3 Å². The highest BCUT2D eigenvalue weighted by Gasteiger charge is 2.20. The third-order valence-corrected chi connectivity index (χ3v) is 4.31. The zero-order valence-corrected chi connectivity index (χ0v) is 14.9. The quantitative estimate of drug-likeness (QED) is 0.599. The minimum Gasteiger partial charge on any atom is -0.508 e. The van der Waals surface area contributed by atoms with E-state index in [1.165, 1.54) is 24.3 Å². The van der Waals surface area contributed by atoms with Crippen molar-refractivity contribution in [3.63, 3.8) is 0 Å². The lowest BCUT2D eigenvalue weighted by Crippen LogP contribution is -2.17. The number of nitrogens with two attached hydrogens (primary N) is 1. The number of nitrogens with zero attached hydrogens (tertiary/aromatic N) is 1. The average Bonchev–Trinajstić information content (AvgIpc) is 3.05. The second kappa shape index (κ2) is 7.75. The van der Waals surface area contributed by atoms with Gasteiger partial charge in [-0.2, -0.15) is 4.98 Å². The molecule has 0 aliphatic carbocycles. The number of hydrogen-bond donors (Lipinski definition) is 3. The summed E-state index contributed by atoms with van der Waals surface area (Å²) >= 11 is 0.972. The Hall–Kier alpha value is -3.59. The molecule has 0 radical (unpaired) electrons. The van der Waals surface area contributed by atoms with Crippen LogP contribution in [0.2, 0.25) is 0 Å². The molecule has 0 spiro atoms. The lowest BCUT2D eigenvalue weighted by atomic mass is 10.2. The first kappa shape index (κ1) is 18.2. The van der Waals surface area contributed by atoms with E-state index in [-0.39, 0.29) is 21.6 Å². The number of ether oxygens (including phenoxy) is 2. The summed E-state index contributed by atoms with van der Waals surface area (Å²) in [6.45, 7) is 0. The van der Waals surface area contributed by atoms with Crippen molar-refractivity contribution in [1.29, 1.82) is 0 Å². The minimum atomic E-state index is -0.795. The number of aromatic hydroxyl groups is 1. The van der Waals surface area contributed by atoms with Crippen molar-refractivity contribution in [3.8, 4) is 22.4 Å². The number of amides is 2. The second-order valence-corrected chi connectivity index (χ2v) is 6.26. The third kappa shape index (κ3) is 4.33. The summed E-state index contributed by atoms with van der Waals surface area (Å²) in [5.41, 5.74) is 5.54. The van der Waals surface area contributed by atoms with Crippen LogP contribution in [0.25, 0.3) is 0 Å². The van der Waals surface area contributed by atoms with Gasteiger partial charge in [0.1, 0.15) is 22.2 Å². The zero-order valence-electron chi connectivity index (χ0n) is 14.1. The van der Waals surface area contributed by atoms with Crippen LogP contribution in [0.1, 0.15) is 20.8 Å². The predicted octanol–water partition coefficient (Wildman–Crippen LogP) is 3.00. The van der Waals surface area contributed by atoms with Gasteiger partial charge >= 0.3 is 0 Å². The fourth-order valence-corrected chi connectivity index (χ4v) is 2.96. The van der Waals surface area contributed by atoms with Crippen LogP contribution in [0, 0.1) is 0 Å². The molecule has 0 atom stereocenters. The van der Waals surface area contributed by atoms with Crippen molar-refractivity contribution in [3.05, 3.63) is 59.8 Å². The van der Waals surface area contributed by atoms with Crippen molar-refractivity contribution < 1.29 is 24.2 Å². The molecule has 9 heteroatoms. The highest BCUT2D eigenvalue weighted by atomic mass is 32.1. The Morgan fingerprint density at radius 3 is 2.30 bits per heavy atom. The van der Waals surface area contributed by atoms with Gasteiger partial charge < -0.3 is 25.6 Å². The molecule has 0 bridgehead atoms. The number of phenolic OH excluding ortho intramolecular Hbond substituents is 1. The first-order chi connectivity index (χ1) is 13.0. The van der Waals surface area contributed by atoms with Crippen molar-refractivity contribution in [2.75, 3.05) is 12.4 Å². The molecule has 3 aromatic rings. The van der Waals surface area contributed by atoms with Crippen molar-refractivity contribution in [1.82, 2.24) is 4.98 Å². The molecule has 27 heavy (non-hydrogen) atoms. The Balaban J connectivity index is 1.81. The van der Waals surface area contributed by atoms with Crippen LogP contribution < -0.4 is 20.5 Å². The topological polar surface area (TPSA) is 124 Å². The number of rotatable bonds is 6. The van der Waals surface area contributed by atoms with E-state index in [9.17, 15) is 14.7 Å². The maximum absolute atomic E-state index is 12.3. The molecule has 2 amide bonds. The van der Waals surface area contributed by atoms with E-state index in [0.717, 1.165) is 11.3 Å². The summed E-state index contributed by atoms with van der Waals surface area (Å²) in [5, 5.41) is 12.2. The molecule has 1 aromatic heterocycles. The minimum absolute atomic E-state index is 0.0392. The number of hydrogen-bond acceptors (Lipinski definition) is 7. The SMILES string of the molecule is COc1ccc(Oc2nc(C(N)=O)c(NC(=O)c3ccc(O)cc3)s2)cc1. The maximum Gasteiger partial charge on any atom is 0.281 e. The highest BCUT2D eigenvalue weighted by molar-refractivity contribution is 7.18. The monoisotopic (exact) mass is 385 g/mol. The van der Waals surface area contributed by atoms with Crippen LogP contribution in [0.4, 0.5) is 5.00 Å². The average molecular weight is 385 g/mol. The first-order valence-electron chi connectivity index (χ1n) is 7.69. The second-order valence-electron chi connectivity index (χ2n) is 5.30. The molecule has 0 aliphatic rings. The molecular weight excluding hydrogens is 370 g/mol. The summed E-state index contributed by atoms with van der Waals surface area (Å²) in [6.07, 6.45) is 0. The van der Waals surface area contributed by atoms with Gasteiger partial charge in [0.15, 0.2) is 5.69 Å². The Bertz CT molecular complexity index is 968. The normalized spacial score (nSPS) is 10.3. The molecule has 0 saturated carbocycles. The van der Waals surface area contributed by atoms with E-state index in [1.807, 2.05) is 0 Å². The van der Waals surface area contributed by atoms with Gasteiger partial charge in [-0.25, -0.2) is 0 Å². The number of nitrogens with one attached hydrogen (secondary N) is 1. The van der Waals surface area contributed by atoms with Gasteiger partial charge in [0.2, 0.25) is 0 Å². The van der Waals surface area contributed by atoms with E-state index in [2.05, 4.69) is 10.3 Å². The number of anilines is 1. The lowest BCUT2D eigenvalue weighted by Gasteiger charge is -2.04. The number of methoxy groups -OCH3 is 1. The largest absolute Gasteiger partial charge is 0.508 e. The van der Waals surface area contributed by atoms with E-state index in [0.29, 0.717) is 17.1 Å². The molecule has 0 saturated heterocycles. The molecular formula is C18H15N3O5S. The zero-order chi connectivity index (χ0) is 19.4. The Morgan fingerprint density at radius 1 is 1.07 bits per heavy atom. The number of thiazole rings is 1. The fraction of sp³-hybridized carbons (Fsp3) is 0.0556. The molecule has 8 nitrogen and oxygen atoms in total. The Labute approximate surface area is 158 Å². The van der Waals surface area contributed by atoms with Crippen molar-refractivity contribution in [2.45, 2.75) is 0 Å². The van der Waals surface area contributed by atoms with Gasteiger partial charge in [0.25, 0.3) is 17.0 Å². The van der Waals surface area contributed by atoms with Gasteiger partial charge in [0.05, 0.1) is 7.11 Å². The van der Waals surface area contributed by atoms with E-state index < -0.39 is 11.8 Å². The van der Waals surface area contributed by atoms with Crippen LogP contribution in [0.15, 0.2) is 48.5 Å². The van der Waals surface area contributed by atoms with E-state index >= 15 is 0 Å².